The molecule has 20 heavy (non-hydrogen) atoms. The van der Waals surface area contributed by atoms with E-state index in [1.807, 2.05) is 0 Å². The van der Waals surface area contributed by atoms with E-state index in [0.29, 0.717) is 16.7 Å². The molecule has 0 aliphatic heterocycles. The average molecular weight is 276 g/mol. The van der Waals surface area contributed by atoms with Crippen molar-refractivity contribution in [1.82, 2.24) is 0 Å². The molecule has 1 aromatic carbocycles. The summed E-state index contributed by atoms with van der Waals surface area (Å²) < 4.78 is 4.93. The predicted molar refractivity (Wildman–Crippen MR) is 73.5 cm³/mol. The molecule has 5 nitrogen and oxygen atoms in total. The van der Waals surface area contributed by atoms with E-state index in [0.717, 1.165) is 6.08 Å². The van der Waals surface area contributed by atoms with Crippen LogP contribution in [-0.2, 0) is 20.7 Å². The lowest BCUT2D eigenvalue weighted by Crippen LogP contribution is -2.10. The van der Waals surface area contributed by atoms with Crippen molar-refractivity contribution in [1.29, 1.82) is 0 Å². The minimum atomic E-state index is -1.06. The number of Topliss-reactive ketones (excluding diaryl/α,β-unsaturated/α-hetero) is 1. The van der Waals surface area contributed by atoms with Crippen LogP contribution < -0.4 is 0 Å². The van der Waals surface area contributed by atoms with Crippen LogP contribution in [-0.4, -0.2) is 29.4 Å². The van der Waals surface area contributed by atoms with Crippen LogP contribution in [0.4, 0.5) is 0 Å². The molecule has 0 amide bonds. The molecule has 0 saturated carbocycles. The van der Waals surface area contributed by atoms with E-state index in [1.165, 1.54) is 19.1 Å². The van der Waals surface area contributed by atoms with Crippen molar-refractivity contribution in [2.24, 2.45) is 0 Å². The van der Waals surface area contributed by atoms with Gasteiger partial charge in [0.25, 0.3) is 0 Å². The van der Waals surface area contributed by atoms with Gasteiger partial charge in [0.15, 0.2) is 0 Å². The Bertz CT molecular complexity index is 557. The number of rotatable bonds is 6. The van der Waals surface area contributed by atoms with Crippen LogP contribution >= 0.6 is 0 Å². The van der Waals surface area contributed by atoms with E-state index in [9.17, 15) is 14.4 Å². The fraction of sp³-hybridized carbons (Fsp3) is 0.267. The third kappa shape index (κ3) is 4.68. The smallest absolute Gasteiger partial charge is 0.338 e. The molecule has 1 rings (SSSR count). The lowest BCUT2D eigenvalue weighted by atomic mass is 9.99. The average Bonchev–Trinajstić information content (AvgIpc) is 2.36. The molecule has 0 atom stereocenters. The van der Waals surface area contributed by atoms with Gasteiger partial charge in [0.1, 0.15) is 5.78 Å². The first kappa shape index (κ1) is 15.6. The lowest BCUT2D eigenvalue weighted by Gasteiger charge is -2.08. The largest absolute Gasteiger partial charge is 0.478 e. The highest BCUT2D eigenvalue weighted by Crippen LogP contribution is 2.16. The first-order valence-corrected chi connectivity index (χ1v) is 6.14. The molecule has 0 bridgehead atoms. The van der Waals surface area contributed by atoms with Crippen LogP contribution in [0.15, 0.2) is 24.3 Å². The van der Waals surface area contributed by atoms with Gasteiger partial charge in [-0.3, -0.25) is 4.79 Å². The van der Waals surface area contributed by atoms with E-state index in [-0.39, 0.29) is 18.8 Å². The Kier molecular flexibility index (Phi) is 5.65. The first-order valence-electron chi connectivity index (χ1n) is 6.14. The normalized spacial score (nSPS) is 10.5. The number of ketones is 1. The fourth-order valence-corrected chi connectivity index (χ4v) is 1.71. The van der Waals surface area contributed by atoms with Crippen molar-refractivity contribution in [3.05, 3.63) is 41.0 Å². The third-order valence-corrected chi connectivity index (χ3v) is 2.48. The monoisotopic (exact) mass is 276 g/mol. The molecular weight excluding hydrogens is 260 g/mol. The molecule has 0 aromatic heterocycles. The van der Waals surface area contributed by atoms with Gasteiger partial charge in [-0.15, -0.1) is 0 Å². The molecule has 0 radical (unpaired) electrons. The number of carboxylic acids is 1. The SMILES string of the molecule is CCOC(=O)c1ccc(/C=C/C(=O)O)cc1CC(C)=O. The van der Waals surface area contributed by atoms with Crippen LogP contribution in [0.25, 0.3) is 6.08 Å². The van der Waals surface area contributed by atoms with Gasteiger partial charge in [0.2, 0.25) is 0 Å². The van der Waals surface area contributed by atoms with Crippen molar-refractivity contribution in [3.63, 3.8) is 0 Å². The Morgan fingerprint density at radius 2 is 2.00 bits per heavy atom. The maximum absolute atomic E-state index is 11.8. The molecule has 0 saturated heterocycles. The van der Waals surface area contributed by atoms with Gasteiger partial charge < -0.3 is 9.84 Å². The Hall–Kier alpha value is -2.43. The van der Waals surface area contributed by atoms with E-state index in [2.05, 4.69) is 0 Å². The van der Waals surface area contributed by atoms with Crippen LogP contribution in [0.3, 0.4) is 0 Å². The zero-order valence-corrected chi connectivity index (χ0v) is 11.4. The van der Waals surface area contributed by atoms with Gasteiger partial charge in [-0.1, -0.05) is 12.1 Å². The molecule has 0 aliphatic rings. The van der Waals surface area contributed by atoms with Gasteiger partial charge in [0.05, 0.1) is 12.2 Å². The molecule has 106 valence electrons. The third-order valence-electron chi connectivity index (χ3n) is 2.48. The van der Waals surface area contributed by atoms with Gasteiger partial charge >= 0.3 is 11.9 Å². The summed E-state index contributed by atoms with van der Waals surface area (Å²) in [5, 5.41) is 8.59. The summed E-state index contributed by atoms with van der Waals surface area (Å²) in [5.74, 6) is -1.64. The van der Waals surface area contributed by atoms with Crippen molar-refractivity contribution in [2.75, 3.05) is 6.61 Å². The van der Waals surface area contributed by atoms with Gasteiger partial charge in [-0.2, -0.15) is 0 Å². The van der Waals surface area contributed by atoms with Crippen molar-refractivity contribution in [2.45, 2.75) is 20.3 Å². The summed E-state index contributed by atoms with van der Waals surface area (Å²) in [4.78, 5) is 33.5. The highest BCUT2D eigenvalue weighted by atomic mass is 16.5. The predicted octanol–water partition coefficient (Wildman–Crippen LogP) is 2.09. The number of aliphatic carboxylic acids is 1. The molecule has 0 unspecified atom stereocenters. The number of hydrogen-bond donors (Lipinski definition) is 1. The minimum Gasteiger partial charge on any atom is -0.478 e. The van der Waals surface area contributed by atoms with Crippen LogP contribution in [0.2, 0.25) is 0 Å². The number of benzene rings is 1. The van der Waals surface area contributed by atoms with Crippen LogP contribution in [0.1, 0.15) is 35.3 Å². The van der Waals surface area contributed by atoms with Crippen molar-refractivity contribution >= 4 is 23.8 Å². The highest BCUT2D eigenvalue weighted by Gasteiger charge is 2.14. The van der Waals surface area contributed by atoms with Gasteiger partial charge in [0, 0.05) is 12.5 Å². The summed E-state index contributed by atoms with van der Waals surface area (Å²) >= 11 is 0. The number of hydrogen-bond acceptors (Lipinski definition) is 4. The molecule has 1 N–H and O–H groups in total. The van der Waals surface area contributed by atoms with E-state index < -0.39 is 11.9 Å². The molecule has 5 heteroatoms. The molecular formula is C15H16O5. The van der Waals surface area contributed by atoms with Crippen molar-refractivity contribution in [3.8, 4) is 0 Å². The molecule has 0 fully saturated rings. The summed E-state index contributed by atoms with van der Waals surface area (Å²) in [7, 11) is 0. The maximum atomic E-state index is 11.8. The number of ether oxygens (including phenoxy) is 1. The molecule has 1 aromatic rings. The highest BCUT2D eigenvalue weighted by molar-refractivity contribution is 5.94. The van der Waals surface area contributed by atoms with Crippen molar-refractivity contribution < 1.29 is 24.2 Å². The zero-order valence-electron chi connectivity index (χ0n) is 11.4. The Balaban J connectivity index is 3.15. The number of carbonyl (C=O) groups excluding carboxylic acids is 2. The quantitative estimate of drug-likeness (QED) is 0.635. The molecule has 0 spiro atoms. The molecule has 0 aliphatic carbocycles. The Morgan fingerprint density at radius 3 is 2.55 bits per heavy atom. The lowest BCUT2D eigenvalue weighted by molar-refractivity contribution is -0.131. The second-order valence-electron chi connectivity index (χ2n) is 4.19. The number of carbonyl (C=O) groups is 3. The van der Waals surface area contributed by atoms with Gasteiger partial charge in [-0.25, -0.2) is 9.59 Å². The van der Waals surface area contributed by atoms with Crippen LogP contribution in [0, 0.1) is 0 Å². The zero-order chi connectivity index (χ0) is 15.1. The molecule has 0 heterocycles. The maximum Gasteiger partial charge on any atom is 0.338 e. The summed E-state index contributed by atoms with van der Waals surface area (Å²) in [6.45, 7) is 3.38. The summed E-state index contributed by atoms with van der Waals surface area (Å²) in [6.07, 6.45) is 2.50. The standard InChI is InChI=1S/C15H16O5/c1-3-20-15(19)13-6-4-11(5-7-14(17)18)9-12(13)8-10(2)16/h4-7,9H,3,8H2,1-2H3,(H,17,18)/b7-5+. The van der Waals surface area contributed by atoms with Crippen LogP contribution in [0.5, 0.6) is 0 Å². The Morgan fingerprint density at radius 1 is 1.30 bits per heavy atom. The Labute approximate surface area is 116 Å². The minimum absolute atomic E-state index is 0.0880. The van der Waals surface area contributed by atoms with Gasteiger partial charge in [-0.05, 0) is 37.1 Å². The van der Waals surface area contributed by atoms with E-state index in [4.69, 9.17) is 9.84 Å². The van der Waals surface area contributed by atoms with E-state index >= 15 is 0 Å². The number of carboxylic acid groups (broad SMARTS) is 1. The van der Waals surface area contributed by atoms with E-state index in [1.54, 1.807) is 19.1 Å². The second kappa shape index (κ2) is 7.23. The topological polar surface area (TPSA) is 80.7 Å². The summed E-state index contributed by atoms with van der Waals surface area (Å²) in [6, 6.07) is 4.76. The number of esters is 1. The second-order valence-corrected chi connectivity index (χ2v) is 4.19. The fourth-order valence-electron chi connectivity index (χ4n) is 1.71. The first-order chi connectivity index (χ1) is 9.43. The summed E-state index contributed by atoms with van der Waals surface area (Å²) in [5.41, 5.74) is 1.47.